The number of carbonyl (C=O) groups excluding carboxylic acids is 1. The van der Waals surface area contributed by atoms with Crippen LogP contribution in [0.3, 0.4) is 0 Å². The second kappa shape index (κ2) is 6.31. The Morgan fingerprint density at radius 2 is 1.95 bits per heavy atom. The quantitative estimate of drug-likeness (QED) is 0.823. The largest absolute Gasteiger partial charge is 0.373 e. The molecule has 0 spiro atoms. The van der Waals surface area contributed by atoms with Crippen molar-refractivity contribution in [1.29, 1.82) is 0 Å². The van der Waals surface area contributed by atoms with Gasteiger partial charge in [0.1, 0.15) is 11.0 Å². The molecule has 1 aromatic carbocycles. The number of nitrogens with one attached hydrogen (secondary N) is 2. The van der Waals surface area contributed by atoms with Crippen molar-refractivity contribution >= 4 is 52.2 Å². The number of anilines is 2. The first-order chi connectivity index (χ1) is 9.51. The Morgan fingerprint density at radius 3 is 2.65 bits per heavy atom. The monoisotopic (exact) mass is 329 g/mol. The van der Waals surface area contributed by atoms with Crippen molar-refractivity contribution in [2.75, 3.05) is 17.7 Å². The summed E-state index contributed by atoms with van der Waals surface area (Å²) in [6, 6.07) is 8.05. The second-order valence-electron chi connectivity index (χ2n) is 3.87. The highest BCUT2D eigenvalue weighted by Gasteiger charge is 2.12. The van der Waals surface area contributed by atoms with Crippen molar-refractivity contribution in [2.45, 2.75) is 0 Å². The van der Waals surface area contributed by atoms with E-state index >= 15 is 0 Å². The SMILES string of the molecule is CNc1cc(C(=O)Nc2cccc(Cl)c2Cl)cc(Cl)n1. The highest BCUT2D eigenvalue weighted by Crippen LogP contribution is 2.30. The summed E-state index contributed by atoms with van der Waals surface area (Å²) >= 11 is 17.8. The molecule has 0 saturated heterocycles. The Balaban J connectivity index is 2.28. The predicted octanol–water partition coefficient (Wildman–Crippen LogP) is 4.34. The van der Waals surface area contributed by atoms with Crippen LogP contribution in [0.2, 0.25) is 15.2 Å². The maximum absolute atomic E-state index is 12.2. The summed E-state index contributed by atoms with van der Waals surface area (Å²) in [4.78, 5) is 16.2. The van der Waals surface area contributed by atoms with E-state index in [0.717, 1.165) is 0 Å². The number of carbonyl (C=O) groups is 1. The smallest absolute Gasteiger partial charge is 0.255 e. The fourth-order valence-corrected chi connectivity index (χ4v) is 2.11. The van der Waals surface area contributed by atoms with Gasteiger partial charge in [0, 0.05) is 12.6 Å². The Morgan fingerprint density at radius 1 is 1.20 bits per heavy atom. The standard InChI is InChI=1S/C13H10Cl3N3O/c1-17-11-6-7(5-10(15)19-11)13(20)18-9-4-2-3-8(14)12(9)16/h2-6H,1H3,(H,17,19)(H,18,20). The van der Waals surface area contributed by atoms with Gasteiger partial charge >= 0.3 is 0 Å². The zero-order valence-corrected chi connectivity index (χ0v) is 12.6. The first-order valence-electron chi connectivity index (χ1n) is 5.62. The molecule has 4 nitrogen and oxygen atoms in total. The molecule has 0 unspecified atom stereocenters. The topological polar surface area (TPSA) is 54.0 Å². The minimum Gasteiger partial charge on any atom is -0.373 e. The first kappa shape index (κ1) is 14.9. The van der Waals surface area contributed by atoms with Gasteiger partial charge < -0.3 is 10.6 Å². The van der Waals surface area contributed by atoms with Gasteiger partial charge in [0.25, 0.3) is 5.91 Å². The average Bonchev–Trinajstić information content (AvgIpc) is 2.43. The molecule has 7 heteroatoms. The van der Waals surface area contributed by atoms with Gasteiger partial charge in [-0.3, -0.25) is 4.79 Å². The van der Waals surface area contributed by atoms with Crippen molar-refractivity contribution < 1.29 is 4.79 Å². The number of amides is 1. The molecule has 1 heterocycles. The van der Waals surface area contributed by atoms with E-state index in [0.29, 0.717) is 22.1 Å². The lowest BCUT2D eigenvalue weighted by atomic mass is 10.2. The number of rotatable bonds is 3. The molecule has 1 amide bonds. The lowest BCUT2D eigenvalue weighted by Gasteiger charge is -2.09. The van der Waals surface area contributed by atoms with E-state index < -0.39 is 0 Å². The molecule has 1 aromatic heterocycles. The molecule has 104 valence electrons. The molecule has 2 N–H and O–H groups in total. The van der Waals surface area contributed by atoms with E-state index in [2.05, 4.69) is 15.6 Å². The van der Waals surface area contributed by atoms with Crippen molar-refractivity contribution in [3.8, 4) is 0 Å². The van der Waals surface area contributed by atoms with Crippen LogP contribution in [0.25, 0.3) is 0 Å². The van der Waals surface area contributed by atoms with Crippen LogP contribution in [0.15, 0.2) is 30.3 Å². The molecule has 0 aliphatic rings. The molecule has 2 rings (SSSR count). The third-order valence-electron chi connectivity index (χ3n) is 2.51. The fourth-order valence-electron chi connectivity index (χ4n) is 1.55. The molecule has 0 saturated carbocycles. The van der Waals surface area contributed by atoms with Gasteiger partial charge in [-0.25, -0.2) is 4.98 Å². The molecule has 0 aliphatic heterocycles. The zero-order valence-electron chi connectivity index (χ0n) is 10.4. The van der Waals surface area contributed by atoms with Gasteiger partial charge in [0.15, 0.2) is 0 Å². The van der Waals surface area contributed by atoms with Gasteiger partial charge in [-0.1, -0.05) is 40.9 Å². The van der Waals surface area contributed by atoms with Crippen LogP contribution in [-0.2, 0) is 0 Å². The summed E-state index contributed by atoms with van der Waals surface area (Å²) in [7, 11) is 1.69. The van der Waals surface area contributed by atoms with Crippen molar-refractivity contribution in [2.24, 2.45) is 0 Å². The summed E-state index contributed by atoms with van der Waals surface area (Å²) in [6.45, 7) is 0. The van der Waals surface area contributed by atoms with Gasteiger partial charge in [-0.15, -0.1) is 0 Å². The number of hydrogen-bond acceptors (Lipinski definition) is 3. The molecule has 0 aliphatic carbocycles. The van der Waals surface area contributed by atoms with Crippen LogP contribution >= 0.6 is 34.8 Å². The van der Waals surface area contributed by atoms with Crippen LogP contribution in [-0.4, -0.2) is 17.9 Å². The minimum atomic E-state index is -0.352. The molecule has 20 heavy (non-hydrogen) atoms. The molecular formula is C13H10Cl3N3O. The van der Waals surface area contributed by atoms with Crippen LogP contribution in [0.5, 0.6) is 0 Å². The highest BCUT2D eigenvalue weighted by molar-refractivity contribution is 6.44. The average molecular weight is 331 g/mol. The summed E-state index contributed by atoms with van der Waals surface area (Å²) in [5.41, 5.74) is 0.800. The third kappa shape index (κ3) is 3.33. The fraction of sp³-hybridized carbons (Fsp3) is 0.0769. The predicted molar refractivity (Wildman–Crippen MR) is 83.2 cm³/mol. The maximum Gasteiger partial charge on any atom is 0.255 e. The van der Waals surface area contributed by atoms with Gasteiger partial charge in [-0.2, -0.15) is 0 Å². The van der Waals surface area contributed by atoms with Gasteiger partial charge in [0.2, 0.25) is 0 Å². The number of benzene rings is 1. The molecular weight excluding hydrogens is 321 g/mol. The summed E-state index contributed by atoms with van der Waals surface area (Å²) in [6.07, 6.45) is 0. The Hall–Kier alpha value is -1.49. The summed E-state index contributed by atoms with van der Waals surface area (Å²) < 4.78 is 0. The molecule has 0 bridgehead atoms. The number of pyridine rings is 1. The lowest BCUT2D eigenvalue weighted by Crippen LogP contribution is -2.13. The Kier molecular flexibility index (Phi) is 4.70. The van der Waals surface area contributed by atoms with Gasteiger partial charge in [0.05, 0.1) is 15.7 Å². The Labute approximate surface area is 131 Å². The number of nitrogens with zero attached hydrogens (tertiary/aromatic N) is 1. The van der Waals surface area contributed by atoms with Crippen LogP contribution in [0.1, 0.15) is 10.4 Å². The van der Waals surface area contributed by atoms with E-state index in [4.69, 9.17) is 34.8 Å². The third-order valence-corrected chi connectivity index (χ3v) is 3.52. The highest BCUT2D eigenvalue weighted by atomic mass is 35.5. The summed E-state index contributed by atoms with van der Waals surface area (Å²) in [5, 5.41) is 6.38. The van der Waals surface area contributed by atoms with E-state index in [1.54, 1.807) is 31.3 Å². The van der Waals surface area contributed by atoms with Crippen LogP contribution in [0, 0.1) is 0 Å². The minimum absolute atomic E-state index is 0.221. The van der Waals surface area contributed by atoms with E-state index in [1.165, 1.54) is 6.07 Å². The van der Waals surface area contributed by atoms with Crippen molar-refractivity contribution in [1.82, 2.24) is 4.98 Å². The zero-order chi connectivity index (χ0) is 14.7. The Bertz CT molecular complexity index is 661. The van der Waals surface area contributed by atoms with Crippen molar-refractivity contribution in [3.05, 3.63) is 51.1 Å². The summed E-state index contributed by atoms with van der Waals surface area (Å²) in [5.74, 6) is 0.148. The molecule has 0 fully saturated rings. The number of aromatic nitrogens is 1. The second-order valence-corrected chi connectivity index (χ2v) is 5.04. The van der Waals surface area contributed by atoms with E-state index in [9.17, 15) is 4.79 Å². The lowest BCUT2D eigenvalue weighted by molar-refractivity contribution is 0.102. The van der Waals surface area contributed by atoms with Gasteiger partial charge in [-0.05, 0) is 24.3 Å². The van der Waals surface area contributed by atoms with Crippen LogP contribution < -0.4 is 10.6 Å². The number of halogens is 3. The maximum atomic E-state index is 12.2. The normalized spacial score (nSPS) is 10.2. The van der Waals surface area contributed by atoms with Crippen LogP contribution in [0.4, 0.5) is 11.5 Å². The molecule has 2 aromatic rings. The molecule has 0 atom stereocenters. The number of hydrogen-bond donors (Lipinski definition) is 2. The van der Waals surface area contributed by atoms with E-state index in [-0.39, 0.29) is 16.1 Å². The van der Waals surface area contributed by atoms with Crippen molar-refractivity contribution in [3.63, 3.8) is 0 Å². The van der Waals surface area contributed by atoms with E-state index in [1.807, 2.05) is 0 Å². The first-order valence-corrected chi connectivity index (χ1v) is 6.75. The molecule has 0 radical (unpaired) electrons.